The van der Waals surface area contributed by atoms with Gasteiger partial charge < -0.3 is 10.2 Å². The maximum Gasteiger partial charge on any atom is 0.503 e. The van der Waals surface area contributed by atoms with Gasteiger partial charge in [0, 0.05) is 5.03 Å². The zero-order valence-corrected chi connectivity index (χ0v) is 13.7. The molecule has 1 atom stereocenters. The first kappa shape index (κ1) is 17.6. The van der Waals surface area contributed by atoms with Crippen LogP contribution in [0.5, 0.6) is 0 Å². The second kappa shape index (κ2) is 6.99. The van der Waals surface area contributed by atoms with Gasteiger partial charge in [-0.05, 0) is 34.8 Å². The Kier molecular flexibility index (Phi) is 5.85. The molecule has 1 unspecified atom stereocenters. The Hall–Kier alpha value is -1.48. The van der Waals surface area contributed by atoms with Crippen LogP contribution >= 0.6 is 11.6 Å². The molecule has 0 amide bonds. The van der Waals surface area contributed by atoms with E-state index < -0.39 is 6.16 Å². The summed E-state index contributed by atoms with van der Waals surface area (Å²) in [6.07, 6.45) is 1.64. The number of allylic oxidation sites excluding steroid dienone is 1. The Morgan fingerprint density at radius 2 is 1.71 bits per heavy atom. The Labute approximate surface area is 131 Å². The number of hydrogen-bond acceptors (Lipinski definition) is 1. The lowest BCUT2D eigenvalue weighted by Gasteiger charge is -2.06. The van der Waals surface area contributed by atoms with Crippen LogP contribution in [0.4, 0.5) is 4.79 Å². The third kappa shape index (κ3) is 5.80. The number of rotatable bonds is 3. The molecule has 1 fully saturated rings. The van der Waals surface area contributed by atoms with E-state index in [1.165, 1.54) is 12.0 Å². The molecule has 116 valence electrons. The molecule has 3 nitrogen and oxygen atoms in total. The fourth-order valence-corrected chi connectivity index (χ4v) is 2.37. The van der Waals surface area contributed by atoms with Crippen LogP contribution in [0.25, 0.3) is 5.03 Å². The molecule has 1 aliphatic rings. The number of hydrogen-bond donors (Lipinski definition) is 2. The smallest absolute Gasteiger partial charge is 0.450 e. The van der Waals surface area contributed by atoms with E-state index in [2.05, 4.69) is 58.0 Å². The molecule has 1 aromatic rings. The minimum atomic E-state index is -1.83. The highest BCUT2D eigenvalue weighted by Crippen LogP contribution is 2.53. The second-order valence-corrected chi connectivity index (χ2v) is 6.78. The van der Waals surface area contributed by atoms with Crippen molar-refractivity contribution in [2.24, 2.45) is 11.3 Å². The summed E-state index contributed by atoms with van der Waals surface area (Å²) in [5.41, 5.74) is 2.96. The molecular weight excluding hydrogens is 288 g/mol. The first-order valence-electron chi connectivity index (χ1n) is 7.03. The topological polar surface area (TPSA) is 57.5 Å². The molecule has 1 saturated carbocycles. The number of benzene rings is 1. The predicted molar refractivity (Wildman–Crippen MR) is 86.9 cm³/mol. The van der Waals surface area contributed by atoms with Gasteiger partial charge in [-0.3, -0.25) is 0 Å². The van der Waals surface area contributed by atoms with Crippen molar-refractivity contribution in [3.05, 3.63) is 41.5 Å². The van der Waals surface area contributed by atoms with E-state index >= 15 is 0 Å². The van der Waals surface area contributed by atoms with Gasteiger partial charge in [0.05, 0.1) is 0 Å². The molecule has 2 rings (SSSR count). The molecule has 0 spiro atoms. The maximum absolute atomic E-state index is 8.56. The van der Waals surface area contributed by atoms with Crippen molar-refractivity contribution < 1.29 is 15.0 Å². The molecule has 2 N–H and O–H groups in total. The number of carbonyl (C=O) groups is 1. The number of halogens is 1. The van der Waals surface area contributed by atoms with Crippen LogP contribution in [-0.2, 0) is 0 Å². The van der Waals surface area contributed by atoms with Crippen LogP contribution in [-0.4, -0.2) is 16.4 Å². The molecule has 1 aromatic carbocycles. The van der Waals surface area contributed by atoms with Crippen molar-refractivity contribution in [1.29, 1.82) is 0 Å². The second-order valence-electron chi connectivity index (χ2n) is 6.37. The molecule has 0 heterocycles. The molecule has 0 aliphatic heterocycles. The minimum absolute atomic E-state index is 0.456. The largest absolute Gasteiger partial charge is 0.503 e. The highest BCUT2D eigenvalue weighted by atomic mass is 35.5. The van der Waals surface area contributed by atoms with Crippen molar-refractivity contribution in [1.82, 2.24) is 0 Å². The molecule has 4 heteroatoms. The van der Waals surface area contributed by atoms with Gasteiger partial charge in [-0.2, -0.15) is 0 Å². The zero-order valence-electron chi connectivity index (χ0n) is 12.9. The molecule has 0 aromatic heterocycles. The fourth-order valence-electron chi connectivity index (χ4n) is 2.09. The van der Waals surface area contributed by atoms with Crippen molar-refractivity contribution >= 4 is 22.8 Å². The summed E-state index contributed by atoms with van der Waals surface area (Å²) in [5, 5.41) is 14.8. The van der Waals surface area contributed by atoms with E-state index in [1.54, 1.807) is 0 Å². The highest BCUT2D eigenvalue weighted by molar-refractivity contribution is 6.48. The van der Waals surface area contributed by atoms with Gasteiger partial charge in [0.15, 0.2) is 0 Å². The van der Waals surface area contributed by atoms with Crippen molar-refractivity contribution in [2.45, 2.75) is 40.0 Å². The third-order valence-corrected chi connectivity index (χ3v) is 4.13. The average molecular weight is 311 g/mol. The Balaban J connectivity index is 0.000000491. The fraction of sp³-hybridized carbons (Fsp3) is 0.471. The van der Waals surface area contributed by atoms with Crippen LogP contribution < -0.4 is 0 Å². The predicted octanol–water partition coefficient (Wildman–Crippen LogP) is 5.66. The summed E-state index contributed by atoms with van der Waals surface area (Å²) in [4.78, 5) is 8.56. The molecule has 1 aliphatic carbocycles. The lowest BCUT2D eigenvalue weighted by Crippen LogP contribution is -1.89. The molecule has 0 radical (unpaired) electrons. The van der Waals surface area contributed by atoms with Crippen molar-refractivity contribution in [3.63, 3.8) is 0 Å². The SMILES string of the molecule is CC(C)c1ccc(C(Cl)=CC2CC2(C)C)cc1.O=C(O)O. The van der Waals surface area contributed by atoms with E-state index in [-0.39, 0.29) is 0 Å². The lowest BCUT2D eigenvalue weighted by atomic mass is 10.0. The van der Waals surface area contributed by atoms with E-state index in [9.17, 15) is 0 Å². The van der Waals surface area contributed by atoms with E-state index in [1.807, 2.05) is 0 Å². The first-order chi connectivity index (χ1) is 9.63. The molecular formula is C17H23ClO3. The monoisotopic (exact) mass is 310 g/mol. The van der Waals surface area contributed by atoms with Crippen LogP contribution in [0.3, 0.4) is 0 Å². The normalized spacial score (nSPS) is 19.7. The van der Waals surface area contributed by atoms with Crippen LogP contribution in [0.1, 0.15) is 51.2 Å². The summed E-state index contributed by atoms with van der Waals surface area (Å²) in [6, 6.07) is 8.61. The average Bonchev–Trinajstić information content (AvgIpc) is 2.95. The van der Waals surface area contributed by atoms with Crippen LogP contribution in [0.2, 0.25) is 0 Å². The summed E-state index contributed by atoms with van der Waals surface area (Å²) in [5.74, 6) is 1.23. The van der Waals surface area contributed by atoms with Gasteiger partial charge in [0.25, 0.3) is 0 Å². The van der Waals surface area contributed by atoms with Gasteiger partial charge in [0.2, 0.25) is 0 Å². The molecule has 21 heavy (non-hydrogen) atoms. The summed E-state index contributed by atoms with van der Waals surface area (Å²) in [6.45, 7) is 9.00. The summed E-state index contributed by atoms with van der Waals surface area (Å²) >= 11 is 6.36. The van der Waals surface area contributed by atoms with E-state index in [0.29, 0.717) is 17.3 Å². The van der Waals surface area contributed by atoms with Gasteiger partial charge in [-0.25, -0.2) is 4.79 Å². The van der Waals surface area contributed by atoms with Crippen LogP contribution in [0.15, 0.2) is 30.3 Å². The maximum atomic E-state index is 8.56. The van der Waals surface area contributed by atoms with Gasteiger partial charge in [-0.15, -0.1) is 0 Å². The lowest BCUT2D eigenvalue weighted by molar-refractivity contribution is 0.137. The highest BCUT2D eigenvalue weighted by Gasteiger charge is 2.43. The first-order valence-corrected chi connectivity index (χ1v) is 7.41. The molecule has 0 saturated heterocycles. The standard InChI is InChI=1S/C16H21Cl.CH2O3/c1-11(2)12-5-7-13(8-6-12)15(17)9-14-10-16(14,3)4;2-1(3)4/h5-9,11,14H,10H2,1-4H3;(H2,2,3,4). The van der Waals surface area contributed by atoms with Gasteiger partial charge in [0.1, 0.15) is 0 Å². The Morgan fingerprint density at radius 1 is 1.29 bits per heavy atom. The summed E-state index contributed by atoms with van der Waals surface area (Å²) in [7, 11) is 0. The Bertz CT molecular complexity index is 511. The minimum Gasteiger partial charge on any atom is -0.450 e. The summed E-state index contributed by atoms with van der Waals surface area (Å²) < 4.78 is 0. The van der Waals surface area contributed by atoms with Crippen molar-refractivity contribution in [2.75, 3.05) is 0 Å². The quantitative estimate of drug-likeness (QED) is 0.757. The Morgan fingerprint density at radius 3 is 2.05 bits per heavy atom. The van der Waals surface area contributed by atoms with Crippen LogP contribution in [0, 0.1) is 11.3 Å². The van der Waals surface area contributed by atoms with Crippen molar-refractivity contribution in [3.8, 4) is 0 Å². The van der Waals surface area contributed by atoms with Gasteiger partial charge in [-0.1, -0.05) is 69.6 Å². The third-order valence-electron chi connectivity index (χ3n) is 3.79. The number of carboxylic acid groups (broad SMARTS) is 2. The van der Waals surface area contributed by atoms with E-state index in [4.69, 9.17) is 26.6 Å². The zero-order chi connectivity index (χ0) is 16.2. The van der Waals surface area contributed by atoms with E-state index in [0.717, 1.165) is 10.6 Å². The molecule has 0 bridgehead atoms. The van der Waals surface area contributed by atoms with Gasteiger partial charge >= 0.3 is 6.16 Å².